The maximum absolute atomic E-state index is 12.6. The molecule has 3 N–H and O–H groups in total. The molecule has 0 atom stereocenters. The molecule has 0 unspecified atom stereocenters. The highest BCUT2D eigenvalue weighted by Gasteiger charge is 2.31. The van der Waals surface area contributed by atoms with E-state index in [1.54, 1.807) is 29.0 Å². The first-order valence-corrected chi connectivity index (χ1v) is 7.72. The van der Waals surface area contributed by atoms with Gasteiger partial charge in [-0.2, -0.15) is 0 Å². The van der Waals surface area contributed by atoms with Crippen LogP contribution in [0.15, 0.2) is 30.3 Å². The lowest BCUT2D eigenvalue weighted by atomic mass is 10.0. The third-order valence-corrected chi connectivity index (χ3v) is 4.65. The molecule has 24 heavy (non-hydrogen) atoms. The van der Waals surface area contributed by atoms with Gasteiger partial charge in [-0.3, -0.25) is 9.59 Å². The first kappa shape index (κ1) is 14.6. The first-order valence-electron chi connectivity index (χ1n) is 7.72. The van der Waals surface area contributed by atoms with Gasteiger partial charge in [0.05, 0.1) is 11.1 Å². The Balaban J connectivity index is 1.63. The summed E-state index contributed by atoms with van der Waals surface area (Å²) in [5.41, 5.74) is 9.85. The largest absolute Gasteiger partial charge is 0.507 e. The third-order valence-electron chi connectivity index (χ3n) is 4.65. The van der Waals surface area contributed by atoms with Gasteiger partial charge in [0, 0.05) is 32.4 Å². The van der Waals surface area contributed by atoms with Crippen LogP contribution in [0.2, 0.25) is 0 Å². The molecule has 2 aromatic rings. The Labute approximate surface area is 139 Å². The van der Waals surface area contributed by atoms with Crippen LogP contribution in [0.25, 0.3) is 0 Å². The molecule has 2 heterocycles. The summed E-state index contributed by atoms with van der Waals surface area (Å²) in [5, 5.41) is 10.2. The molecular weight excluding hydrogens is 306 g/mol. The Bertz CT molecular complexity index is 891. The van der Waals surface area contributed by atoms with Crippen molar-refractivity contribution in [2.45, 2.75) is 19.6 Å². The lowest BCUT2D eigenvalue weighted by Crippen LogP contribution is -2.23. The number of carbonyl (C=O) groups excluding carboxylic acids is 2. The second-order valence-electron chi connectivity index (χ2n) is 6.35. The average molecular weight is 323 g/mol. The van der Waals surface area contributed by atoms with Gasteiger partial charge >= 0.3 is 0 Å². The number of benzene rings is 2. The van der Waals surface area contributed by atoms with Crippen molar-refractivity contribution < 1.29 is 14.7 Å². The second-order valence-corrected chi connectivity index (χ2v) is 6.35. The summed E-state index contributed by atoms with van der Waals surface area (Å²) in [6.45, 7) is 1.33. The van der Waals surface area contributed by atoms with Crippen molar-refractivity contribution in [2.24, 2.45) is 0 Å². The van der Waals surface area contributed by atoms with Crippen molar-refractivity contribution in [1.82, 2.24) is 9.80 Å². The first-order chi connectivity index (χ1) is 11.5. The monoisotopic (exact) mass is 323 g/mol. The van der Waals surface area contributed by atoms with Gasteiger partial charge < -0.3 is 20.6 Å². The van der Waals surface area contributed by atoms with Crippen LogP contribution in [0.5, 0.6) is 5.75 Å². The number of nitrogens with zero attached hydrogens (tertiary/aromatic N) is 2. The molecule has 4 rings (SSSR count). The highest BCUT2D eigenvalue weighted by molar-refractivity contribution is 6.03. The lowest BCUT2D eigenvalue weighted by Gasteiger charge is -2.16. The van der Waals surface area contributed by atoms with Crippen molar-refractivity contribution in [2.75, 3.05) is 12.8 Å². The van der Waals surface area contributed by atoms with Gasteiger partial charge in [0.25, 0.3) is 11.8 Å². The molecular formula is C18H17N3O3. The van der Waals surface area contributed by atoms with Gasteiger partial charge in [-0.15, -0.1) is 0 Å². The van der Waals surface area contributed by atoms with Crippen LogP contribution in [-0.2, 0) is 19.6 Å². The minimum atomic E-state index is -0.175. The maximum atomic E-state index is 12.6. The SMILES string of the molecule is CN1Cc2cc(CN3Cc4cccc(N)c4C3=O)cc(O)c2C1=O. The fourth-order valence-corrected chi connectivity index (χ4v) is 3.53. The van der Waals surface area contributed by atoms with E-state index in [1.807, 2.05) is 18.2 Å². The number of fused-ring (bicyclic) bond motifs is 2. The van der Waals surface area contributed by atoms with Crippen molar-refractivity contribution in [3.05, 3.63) is 58.1 Å². The molecule has 0 aromatic heterocycles. The van der Waals surface area contributed by atoms with Gasteiger partial charge in [0.15, 0.2) is 0 Å². The Morgan fingerprint density at radius 1 is 1.08 bits per heavy atom. The van der Waals surface area contributed by atoms with E-state index in [-0.39, 0.29) is 17.6 Å². The van der Waals surface area contributed by atoms with Crippen molar-refractivity contribution in [3.8, 4) is 5.75 Å². The van der Waals surface area contributed by atoms with E-state index in [0.29, 0.717) is 36.4 Å². The van der Waals surface area contributed by atoms with Gasteiger partial charge in [-0.1, -0.05) is 18.2 Å². The Morgan fingerprint density at radius 3 is 2.62 bits per heavy atom. The summed E-state index contributed by atoms with van der Waals surface area (Å²) < 4.78 is 0. The number of amides is 2. The zero-order chi connectivity index (χ0) is 17.0. The average Bonchev–Trinajstić information content (AvgIpc) is 2.98. The normalized spacial score (nSPS) is 15.9. The molecule has 122 valence electrons. The van der Waals surface area contributed by atoms with E-state index in [0.717, 1.165) is 16.7 Å². The predicted molar refractivity (Wildman–Crippen MR) is 88.3 cm³/mol. The highest BCUT2D eigenvalue weighted by atomic mass is 16.3. The molecule has 2 aliphatic heterocycles. The van der Waals surface area contributed by atoms with Gasteiger partial charge in [0.2, 0.25) is 0 Å². The quantitative estimate of drug-likeness (QED) is 0.824. The number of carbonyl (C=O) groups is 2. The Hall–Kier alpha value is -3.02. The molecule has 6 heteroatoms. The summed E-state index contributed by atoms with van der Waals surface area (Å²) in [6, 6.07) is 8.92. The molecule has 6 nitrogen and oxygen atoms in total. The molecule has 0 aliphatic carbocycles. The Kier molecular flexibility index (Phi) is 3.03. The van der Waals surface area contributed by atoms with Gasteiger partial charge in [-0.25, -0.2) is 0 Å². The fraction of sp³-hybridized carbons (Fsp3) is 0.222. The number of rotatable bonds is 2. The maximum Gasteiger partial charge on any atom is 0.258 e. The van der Waals surface area contributed by atoms with Crippen LogP contribution in [-0.4, -0.2) is 33.8 Å². The number of hydrogen-bond acceptors (Lipinski definition) is 4. The number of phenols is 1. The summed E-state index contributed by atoms with van der Waals surface area (Å²) >= 11 is 0. The van der Waals surface area contributed by atoms with E-state index in [9.17, 15) is 14.7 Å². The molecule has 0 saturated carbocycles. The van der Waals surface area contributed by atoms with Crippen LogP contribution in [0.3, 0.4) is 0 Å². The number of nitrogens with two attached hydrogens (primary N) is 1. The van der Waals surface area contributed by atoms with Crippen LogP contribution >= 0.6 is 0 Å². The minimum Gasteiger partial charge on any atom is -0.507 e. The predicted octanol–water partition coefficient (Wildman–Crippen LogP) is 1.72. The van der Waals surface area contributed by atoms with Crippen molar-refractivity contribution >= 4 is 17.5 Å². The topological polar surface area (TPSA) is 86.9 Å². The molecule has 0 fully saturated rings. The van der Waals surface area contributed by atoms with Crippen molar-refractivity contribution in [3.63, 3.8) is 0 Å². The minimum absolute atomic E-state index is 0.0273. The van der Waals surface area contributed by atoms with E-state index in [1.165, 1.54) is 0 Å². The molecule has 0 spiro atoms. The molecule has 0 radical (unpaired) electrons. The molecule has 0 bridgehead atoms. The van der Waals surface area contributed by atoms with E-state index >= 15 is 0 Å². The third kappa shape index (κ3) is 2.03. The molecule has 2 aliphatic rings. The summed E-state index contributed by atoms with van der Waals surface area (Å²) in [7, 11) is 1.70. The molecule has 2 amide bonds. The lowest BCUT2D eigenvalue weighted by molar-refractivity contribution is 0.0766. The number of phenolic OH excluding ortho intramolecular Hbond substituents is 1. The van der Waals surface area contributed by atoms with Crippen LogP contribution < -0.4 is 5.73 Å². The summed E-state index contributed by atoms with van der Waals surface area (Å²) in [6.07, 6.45) is 0. The summed E-state index contributed by atoms with van der Waals surface area (Å²) in [4.78, 5) is 27.8. The second kappa shape index (κ2) is 4.99. The fourth-order valence-electron chi connectivity index (χ4n) is 3.53. The van der Waals surface area contributed by atoms with E-state index < -0.39 is 0 Å². The molecule has 2 aromatic carbocycles. The van der Waals surface area contributed by atoms with Crippen LogP contribution in [0.4, 0.5) is 5.69 Å². The van der Waals surface area contributed by atoms with E-state index in [2.05, 4.69) is 0 Å². The zero-order valence-corrected chi connectivity index (χ0v) is 13.2. The molecule has 0 saturated heterocycles. The van der Waals surface area contributed by atoms with E-state index in [4.69, 9.17) is 5.73 Å². The van der Waals surface area contributed by atoms with Crippen LogP contribution in [0.1, 0.15) is 37.4 Å². The number of hydrogen-bond donors (Lipinski definition) is 2. The zero-order valence-electron chi connectivity index (χ0n) is 13.2. The highest BCUT2D eigenvalue weighted by Crippen LogP contribution is 2.33. The number of aromatic hydroxyl groups is 1. The van der Waals surface area contributed by atoms with Gasteiger partial charge in [0.1, 0.15) is 5.75 Å². The Morgan fingerprint density at radius 2 is 1.88 bits per heavy atom. The number of nitrogen functional groups attached to an aromatic ring is 1. The van der Waals surface area contributed by atoms with Crippen molar-refractivity contribution in [1.29, 1.82) is 0 Å². The summed E-state index contributed by atoms with van der Waals surface area (Å²) in [5.74, 6) is -0.303. The smallest absolute Gasteiger partial charge is 0.258 e. The standard InChI is InChI=1S/C18H17N3O3/c1-20-8-12-5-10(6-14(22)16(12)17(20)23)7-21-9-11-3-2-4-13(19)15(11)18(21)24/h2-6,22H,7-9,19H2,1H3. The van der Waals surface area contributed by atoms with Gasteiger partial charge in [-0.05, 0) is 28.8 Å². The number of anilines is 1. The van der Waals surface area contributed by atoms with Crippen LogP contribution in [0, 0.1) is 0 Å².